The first-order valence-electron chi connectivity index (χ1n) is 6.40. The summed E-state index contributed by atoms with van der Waals surface area (Å²) in [6.45, 7) is 2.24. The maximum Gasteiger partial charge on any atom is 0.411 e. The Morgan fingerprint density at radius 1 is 1.05 bits per heavy atom. The third kappa shape index (κ3) is 2.91. The van der Waals surface area contributed by atoms with Crippen LogP contribution in [-0.4, -0.2) is 24.9 Å². The van der Waals surface area contributed by atoms with Crippen molar-refractivity contribution in [2.24, 2.45) is 0 Å². The van der Waals surface area contributed by atoms with E-state index in [0.29, 0.717) is 12.2 Å². The van der Waals surface area contributed by atoms with E-state index >= 15 is 0 Å². The molecule has 0 aromatic heterocycles. The monoisotopic (exact) mass is 271 g/mol. The number of hydrogen-bond donors (Lipinski definition) is 1. The van der Waals surface area contributed by atoms with Gasteiger partial charge in [0.05, 0.1) is 7.11 Å². The number of ether oxygens (including phenoxy) is 1. The fourth-order valence-electron chi connectivity index (χ4n) is 2.05. The molecule has 2 aromatic rings. The molecule has 4 heteroatoms. The Morgan fingerprint density at radius 2 is 1.55 bits per heavy atom. The highest BCUT2D eigenvalue weighted by atomic mass is 16.5. The normalized spacial score (nSPS) is 10.1. The van der Waals surface area contributed by atoms with Crippen molar-refractivity contribution in [3.8, 4) is 16.9 Å². The Morgan fingerprint density at radius 3 is 1.95 bits per heavy atom. The number of rotatable bonds is 4. The Hall–Kier alpha value is -2.49. The van der Waals surface area contributed by atoms with Crippen LogP contribution in [0.3, 0.4) is 0 Å². The lowest BCUT2D eigenvalue weighted by molar-refractivity contribution is 0.202. The number of hydrogen-bond acceptors (Lipinski definition) is 2. The third-order valence-corrected chi connectivity index (χ3v) is 3.15. The molecule has 2 rings (SSSR count). The van der Waals surface area contributed by atoms with Crippen LogP contribution in [-0.2, 0) is 0 Å². The summed E-state index contributed by atoms with van der Waals surface area (Å²) in [7, 11) is 1.63. The van der Waals surface area contributed by atoms with Gasteiger partial charge >= 0.3 is 6.09 Å². The number of benzene rings is 2. The van der Waals surface area contributed by atoms with Gasteiger partial charge < -0.3 is 9.84 Å². The van der Waals surface area contributed by atoms with Gasteiger partial charge in [0.2, 0.25) is 0 Å². The average Bonchev–Trinajstić information content (AvgIpc) is 2.48. The lowest BCUT2D eigenvalue weighted by atomic mass is 10.1. The first-order valence-corrected chi connectivity index (χ1v) is 6.40. The van der Waals surface area contributed by atoms with Crippen molar-refractivity contribution in [2.45, 2.75) is 6.92 Å². The van der Waals surface area contributed by atoms with Gasteiger partial charge in [-0.3, -0.25) is 4.90 Å². The standard InChI is InChI=1S/C16H17NO3/c1-3-17(16(18)19)14-8-4-12(5-9-14)13-6-10-15(20-2)11-7-13/h4-11H,3H2,1-2H3,(H,18,19). The topological polar surface area (TPSA) is 49.8 Å². The van der Waals surface area contributed by atoms with Crippen LogP contribution in [0.4, 0.5) is 10.5 Å². The molecule has 1 N–H and O–H groups in total. The highest BCUT2D eigenvalue weighted by Crippen LogP contribution is 2.25. The molecule has 4 nitrogen and oxygen atoms in total. The van der Waals surface area contributed by atoms with E-state index in [2.05, 4.69) is 0 Å². The number of nitrogens with zero attached hydrogens (tertiary/aromatic N) is 1. The molecular formula is C16H17NO3. The maximum atomic E-state index is 11.1. The van der Waals surface area contributed by atoms with Gasteiger partial charge in [-0.1, -0.05) is 24.3 Å². The van der Waals surface area contributed by atoms with E-state index in [1.807, 2.05) is 55.5 Å². The van der Waals surface area contributed by atoms with Crippen LogP contribution in [0.5, 0.6) is 5.75 Å². The zero-order chi connectivity index (χ0) is 14.5. The molecule has 104 valence electrons. The Kier molecular flexibility index (Phi) is 4.25. The number of anilines is 1. The highest BCUT2D eigenvalue weighted by Gasteiger charge is 2.11. The molecule has 0 aliphatic rings. The van der Waals surface area contributed by atoms with E-state index < -0.39 is 6.09 Å². The molecule has 1 amide bonds. The zero-order valence-corrected chi connectivity index (χ0v) is 11.5. The van der Waals surface area contributed by atoms with Crippen molar-refractivity contribution < 1.29 is 14.6 Å². The van der Waals surface area contributed by atoms with Gasteiger partial charge in [-0.25, -0.2) is 4.79 Å². The Balaban J connectivity index is 2.24. The molecule has 0 fully saturated rings. The molecule has 2 aromatic carbocycles. The van der Waals surface area contributed by atoms with Gasteiger partial charge in [-0.05, 0) is 42.3 Å². The molecule has 0 saturated carbocycles. The quantitative estimate of drug-likeness (QED) is 0.918. The van der Waals surface area contributed by atoms with Crippen LogP contribution in [0.1, 0.15) is 6.92 Å². The predicted octanol–water partition coefficient (Wildman–Crippen LogP) is 3.87. The van der Waals surface area contributed by atoms with Crippen molar-refractivity contribution in [1.82, 2.24) is 0 Å². The minimum Gasteiger partial charge on any atom is -0.497 e. The van der Waals surface area contributed by atoms with E-state index in [9.17, 15) is 4.79 Å². The summed E-state index contributed by atoms with van der Waals surface area (Å²) in [4.78, 5) is 12.4. The van der Waals surface area contributed by atoms with Gasteiger partial charge in [0.25, 0.3) is 0 Å². The van der Waals surface area contributed by atoms with Crippen molar-refractivity contribution in [3.63, 3.8) is 0 Å². The summed E-state index contributed by atoms with van der Waals surface area (Å²) in [5.41, 5.74) is 2.78. The van der Waals surface area contributed by atoms with Gasteiger partial charge in [0.15, 0.2) is 0 Å². The minimum atomic E-state index is -0.940. The van der Waals surface area contributed by atoms with Crippen molar-refractivity contribution in [1.29, 1.82) is 0 Å². The number of carboxylic acid groups (broad SMARTS) is 1. The molecule has 0 unspecified atom stereocenters. The predicted molar refractivity (Wildman–Crippen MR) is 79.5 cm³/mol. The van der Waals surface area contributed by atoms with Crippen molar-refractivity contribution in [2.75, 3.05) is 18.6 Å². The van der Waals surface area contributed by atoms with E-state index in [1.54, 1.807) is 7.11 Å². The van der Waals surface area contributed by atoms with Crippen molar-refractivity contribution in [3.05, 3.63) is 48.5 Å². The summed E-state index contributed by atoms with van der Waals surface area (Å²) in [6.07, 6.45) is -0.940. The molecule has 0 atom stereocenters. The molecule has 0 spiro atoms. The van der Waals surface area contributed by atoms with E-state index in [1.165, 1.54) is 4.90 Å². The largest absolute Gasteiger partial charge is 0.497 e. The minimum absolute atomic E-state index is 0.428. The van der Waals surface area contributed by atoms with Gasteiger partial charge in [0.1, 0.15) is 5.75 Å². The van der Waals surface area contributed by atoms with E-state index in [-0.39, 0.29) is 0 Å². The van der Waals surface area contributed by atoms with Crippen LogP contribution < -0.4 is 9.64 Å². The van der Waals surface area contributed by atoms with Gasteiger partial charge in [-0.15, -0.1) is 0 Å². The molecule has 0 aliphatic carbocycles. The fourth-order valence-corrected chi connectivity index (χ4v) is 2.05. The number of amides is 1. The summed E-state index contributed by atoms with van der Waals surface area (Å²) >= 11 is 0. The molecule has 0 saturated heterocycles. The third-order valence-electron chi connectivity index (χ3n) is 3.15. The number of methoxy groups -OCH3 is 1. The molecular weight excluding hydrogens is 254 g/mol. The first-order chi connectivity index (χ1) is 9.65. The molecule has 0 aliphatic heterocycles. The summed E-state index contributed by atoms with van der Waals surface area (Å²) < 4.78 is 5.12. The summed E-state index contributed by atoms with van der Waals surface area (Å²) in [5.74, 6) is 0.813. The zero-order valence-electron chi connectivity index (χ0n) is 11.5. The van der Waals surface area contributed by atoms with Crippen LogP contribution in [0.25, 0.3) is 11.1 Å². The number of carbonyl (C=O) groups is 1. The molecule has 0 bridgehead atoms. The van der Waals surface area contributed by atoms with E-state index in [4.69, 9.17) is 9.84 Å². The summed E-state index contributed by atoms with van der Waals surface area (Å²) in [5, 5.41) is 9.08. The fraction of sp³-hybridized carbons (Fsp3) is 0.188. The van der Waals surface area contributed by atoms with Crippen molar-refractivity contribution >= 4 is 11.8 Å². The maximum absolute atomic E-state index is 11.1. The molecule has 0 radical (unpaired) electrons. The lowest BCUT2D eigenvalue weighted by Crippen LogP contribution is -2.28. The van der Waals surface area contributed by atoms with Crippen LogP contribution >= 0.6 is 0 Å². The first kappa shape index (κ1) is 13.9. The highest BCUT2D eigenvalue weighted by molar-refractivity contribution is 5.86. The summed E-state index contributed by atoms with van der Waals surface area (Å²) in [6, 6.07) is 15.2. The second kappa shape index (κ2) is 6.10. The van der Waals surface area contributed by atoms with Gasteiger partial charge in [-0.2, -0.15) is 0 Å². The van der Waals surface area contributed by atoms with Crippen LogP contribution in [0, 0.1) is 0 Å². The second-order valence-electron chi connectivity index (χ2n) is 4.30. The Bertz CT molecular complexity index is 576. The molecule has 20 heavy (non-hydrogen) atoms. The van der Waals surface area contributed by atoms with Crippen LogP contribution in [0.2, 0.25) is 0 Å². The average molecular weight is 271 g/mol. The van der Waals surface area contributed by atoms with Crippen LogP contribution in [0.15, 0.2) is 48.5 Å². The SMILES string of the molecule is CCN(C(=O)O)c1ccc(-c2ccc(OC)cc2)cc1. The lowest BCUT2D eigenvalue weighted by Gasteiger charge is -2.17. The smallest absolute Gasteiger partial charge is 0.411 e. The van der Waals surface area contributed by atoms with Gasteiger partial charge in [0, 0.05) is 12.2 Å². The molecule has 0 heterocycles. The second-order valence-corrected chi connectivity index (χ2v) is 4.30. The van der Waals surface area contributed by atoms with E-state index in [0.717, 1.165) is 16.9 Å². The Labute approximate surface area is 118 Å².